The number of Topliss-reactive ketones (excluding diaryl/α,β-unsaturated/α-hetero) is 1. The third kappa shape index (κ3) is 2.48. The quantitative estimate of drug-likeness (QED) is 0.855. The van der Waals surface area contributed by atoms with E-state index in [9.17, 15) is 9.18 Å². The minimum absolute atomic E-state index is 0.0347. The Hall–Kier alpha value is -1.68. The Bertz CT molecular complexity index is 644. The molecule has 1 atom stereocenters. The van der Waals surface area contributed by atoms with E-state index in [0.717, 1.165) is 11.3 Å². The molecule has 0 N–H and O–H groups in total. The van der Waals surface area contributed by atoms with Crippen LogP contribution in [0.1, 0.15) is 11.1 Å². The van der Waals surface area contributed by atoms with E-state index in [4.69, 9.17) is 4.74 Å². The molecule has 20 heavy (non-hydrogen) atoms. The van der Waals surface area contributed by atoms with Crippen molar-refractivity contribution >= 4 is 21.7 Å². The summed E-state index contributed by atoms with van der Waals surface area (Å²) in [6, 6.07) is 12.3. The second kappa shape index (κ2) is 5.37. The zero-order chi connectivity index (χ0) is 14.1. The van der Waals surface area contributed by atoms with E-state index < -0.39 is 6.10 Å². The maximum absolute atomic E-state index is 13.4. The van der Waals surface area contributed by atoms with E-state index in [1.165, 1.54) is 6.07 Å². The lowest BCUT2D eigenvalue weighted by molar-refractivity contribution is -0.124. The fourth-order valence-electron chi connectivity index (χ4n) is 2.35. The van der Waals surface area contributed by atoms with Gasteiger partial charge in [-0.1, -0.05) is 30.3 Å². The molecule has 1 aliphatic rings. The topological polar surface area (TPSA) is 26.3 Å². The van der Waals surface area contributed by atoms with Crippen molar-refractivity contribution in [3.8, 4) is 5.75 Å². The smallest absolute Gasteiger partial charge is 0.178 e. The van der Waals surface area contributed by atoms with E-state index >= 15 is 0 Å². The Labute approximate surface area is 124 Å². The van der Waals surface area contributed by atoms with E-state index in [1.807, 2.05) is 24.3 Å². The highest BCUT2D eigenvalue weighted by Gasteiger charge is 2.28. The van der Waals surface area contributed by atoms with Crippen molar-refractivity contribution in [3.05, 3.63) is 63.9 Å². The zero-order valence-electron chi connectivity index (χ0n) is 10.6. The summed E-state index contributed by atoms with van der Waals surface area (Å²) in [5.41, 5.74) is 1.69. The van der Waals surface area contributed by atoms with Crippen LogP contribution in [0.15, 0.2) is 46.9 Å². The van der Waals surface area contributed by atoms with Crippen molar-refractivity contribution in [1.82, 2.24) is 0 Å². The lowest BCUT2D eigenvalue weighted by atomic mass is 10.0. The monoisotopic (exact) mass is 334 g/mol. The molecule has 0 bridgehead atoms. The normalized spacial score (nSPS) is 16.6. The minimum Gasteiger partial charge on any atom is -0.482 e. The SMILES string of the molecule is O=C(Cc1cccc(F)c1Br)C1Cc2ccccc2O1. The number of para-hydroxylation sites is 1. The number of rotatable bonds is 3. The van der Waals surface area contributed by atoms with Crippen LogP contribution < -0.4 is 4.74 Å². The summed E-state index contributed by atoms with van der Waals surface area (Å²) >= 11 is 3.18. The molecule has 102 valence electrons. The van der Waals surface area contributed by atoms with Gasteiger partial charge < -0.3 is 4.74 Å². The number of ketones is 1. The molecule has 0 amide bonds. The van der Waals surface area contributed by atoms with Crippen LogP contribution in [0.2, 0.25) is 0 Å². The summed E-state index contributed by atoms with van der Waals surface area (Å²) in [6.45, 7) is 0. The number of carbonyl (C=O) groups excluding carboxylic acids is 1. The molecular formula is C16H12BrFO2. The van der Waals surface area contributed by atoms with Crippen molar-refractivity contribution in [1.29, 1.82) is 0 Å². The van der Waals surface area contributed by atoms with Crippen LogP contribution in [0.5, 0.6) is 5.75 Å². The van der Waals surface area contributed by atoms with E-state index in [2.05, 4.69) is 15.9 Å². The third-order valence-corrected chi connectivity index (χ3v) is 4.29. The molecule has 2 nitrogen and oxygen atoms in total. The first-order valence-electron chi connectivity index (χ1n) is 6.35. The Balaban J connectivity index is 1.74. The highest BCUT2D eigenvalue weighted by molar-refractivity contribution is 9.10. The van der Waals surface area contributed by atoms with Gasteiger partial charge in [-0.05, 0) is 39.2 Å². The maximum atomic E-state index is 13.4. The molecule has 1 heterocycles. The van der Waals surface area contributed by atoms with Crippen LogP contribution in [-0.2, 0) is 17.6 Å². The molecular weight excluding hydrogens is 323 g/mol. The molecule has 0 saturated heterocycles. The van der Waals surface area contributed by atoms with Crippen LogP contribution in [0, 0.1) is 5.82 Å². The second-order valence-electron chi connectivity index (χ2n) is 4.77. The molecule has 2 aromatic rings. The number of halogens is 2. The van der Waals surface area contributed by atoms with Gasteiger partial charge in [0.2, 0.25) is 0 Å². The van der Waals surface area contributed by atoms with Gasteiger partial charge in [-0.2, -0.15) is 0 Å². The molecule has 0 radical (unpaired) electrons. The molecule has 0 fully saturated rings. The lowest BCUT2D eigenvalue weighted by Gasteiger charge is -2.10. The van der Waals surface area contributed by atoms with Crippen molar-refractivity contribution in [2.45, 2.75) is 18.9 Å². The van der Waals surface area contributed by atoms with Gasteiger partial charge in [0.05, 0.1) is 4.47 Å². The van der Waals surface area contributed by atoms with E-state index in [-0.39, 0.29) is 18.0 Å². The summed E-state index contributed by atoms with van der Waals surface area (Å²) in [4.78, 5) is 12.3. The van der Waals surface area contributed by atoms with Crippen molar-refractivity contribution in [2.24, 2.45) is 0 Å². The molecule has 1 unspecified atom stereocenters. The van der Waals surface area contributed by atoms with Crippen molar-refractivity contribution < 1.29 is 13.9 Å². The van der Waals surface area contributed by atoms with Crippen LogP contribution >= 0.6 is 15.9 Å². The molecule has 0 saturated carbocycles. The maximum Gasteiger partial charge on any atom is 0.178 e. The largest absolute Gasteiger partial charge is 0.482 e. The van der Waals surface area contributed by atoms with Gasteiger partial charge in [-0.3, -0.25) is 4.79 Å². The number of fused-ring (bicyclic) bond motifs is 1. The molecule has 0 aliphatic carbocycles. The summed E-state index contributed by atoms with van der Waals surface area (Å²) < 4.78 is 19.4. The van der Waals surface area contributed by atoms with Crippen molar-refractivity contribution in [2.75, 3.05) is 0 Å². The minimum atomic E-state index is -0.470. The predicted octanol–water partition coefficient (Wildman–Crippen LogP) is 3.70. The van der Waals surface area contributed by atoms with Gasteiger partial charge in [0, 0.05) is 12.8 Å². The Morgan fingerprint density at radius 2 is 2.05 bits per heavy atom. The third-order valence-electron chi connectivity index (χ3n) is 3.40. The fraction of sp³-hybridized carbons (Fsp3) is 0.188. The molecule has 2 aromatic carbocycles. The first kappa shape index (κ1) is 13.3. The molecule has 4 heteroatoms. The average molecular weight is 335 g/mol. The first-order valence-corrected chi connectivity index (χ1v) is 7.14. The van der Waals surface area contributed by atoms with Crippen LogP contribution in [0.3, 0.4) is 0 Å². The number of hydrogen-bond donors (Lipinski definition) is 0. The first-order chi connectivity index (χ1) is 9.65. The zero-order valence-corrected chi connectivity index (χ0v) is 12.2. The summed E-state index contributed by atoms with van der Waals surface area (Å²) in [7, 11) is 0. The van der Waals surface area contributed by atoms with Gasteiger partial charge in [-0.25, -0.2) is 4.39 Å². The highest BCUT2D eigenvalue weighted by atomic mass is 79.9. The average Bonchev–Trinajstić information content (AvgIpc) is 2.88. The summed E-state index contributed by atoms with van der Waals surface area (Å²) in [6.07, 6.45) is 0.279. The summed E-state index contributed by atoms with van der Waals surface area (Å²) in [5.74, 6) is 0.377. The highest BCUT2D eigenvalue weighted by Crippen LogP contribution is 2.29. The number of hydrogen-bond acceptors (Lipinski definition) is 2. The predicted molar refractivity (Wildman–Crippen MR) is 77.4 cm³/mol. The number of benzene rings is 2. The standard InChI is InChI=1S/C16H12BrFO2/c17-16-11(5-3-6-12(16)18)8-13(19)15-9-10-4-1-2-7-14(10)20-15/h1-7,15H,8-9H2. The molecule has 3 rings (SSSR count). The van der Waals surface area contributed by atoms with Crippen LogP contribution in [0.4, 0.5) is 4.39 Å². The van der Waals surface area contributed by atoms with Gasteiger partial charge >= 0.3 is 0 Å². The van der Waals surface area contributed by atoms with E-state index in [1.54, 1.807) is 12.1 Å². The fourth-order valence-corrected chi connectivity index (χ4v) is 2.75. The Morgan fingerprint density at radius 1 is 1.25 bits per heavy atom. The second-order valence-corrected chi connectivity index (χ2v) is 5.57. The van der Waals surface area contributed by atoms with Gasteiger partial charge in [0.1, 0.15) is 11.6 Å². The van der Waals surface area contributed by atoms with Crippen molar-refractivity contribution in [3.63, 3.8) is 0 Å². The van der Waals surface area contributed by atoms with Gasteiger partial charge in [0.25, 0.3) is 0 Å². The number of ether oxygens (including phenoxy) is 1. The van der Waals surface area contributed by atoms with E-state index in [0.29, 0.717) is 16.5 Å². The molecule has 0 spiro atoms. The number of carbonyl (C=O) groups is 1. The van der Waals surface area contributed by atoms with Crippen LogP contribution in [0.25, 0.3) is 0 Å². The summed E-state index contributed by atoms with van der Waals surface area (Å²) in [5, 5.41) is 0. The van der Waals surface area contributed by atoms with Gasteiger partial charge in [-0.15, -0.1) is 0 Å². The lowest BCUT2D eigenvalue weighted by Crippen LogP contribution is -2.27. The Kier molecular flexibility index (Phi) is 3.57. The van der Waals surface area contributed by atoms with Gasteiger partial charge in [0.15, 0.2) is 11.9 Å². The van der Waals surface area contributed by atoms with Crippen LogP contribution in [-0.4, -0.2) is 11.9 Å². The molecule has 1 aliphatic heterocycles. The Morgan fingerprint density at radius 3 is 2.85 bits per heavy atom. The molecule has 0 aromatic heterocycles.